The lowest BCUT2D eigenvalue weighted by Crippen LogP contribution is -2.09. The van der Waals surface area contributed by atoms with E-state index < -0.39 is 0 Å². The molecule has 0 aliphatic heterocycles. The lowest BCUT2D eigenvalue weighted by molar-refractivity contribution is 1.14. The molecule has 0 saturated heterocycles. The van der Waals surface area contributed by atoms with Crippen LogP contribution in [0.3, 0.4) is 0 Å². The fourth-order valence-corrected chi connectivity index (χ4v) is 1.81. The molecule has 1 aromatic carbocycles. The maximum Gasteiger partial charge on any atom is 0.145 e. The molecule has 0 aliphatic rings. The average molecular weight is 305 g/mol. The van der Waals surface area contributed by atoms with Crippen molar-refractivity contribution in [1.82, 2.24) is 9.97 Å². The van der Waals surface area contributed by atoms with Crippen molar-refractivity contribution in [3.05, 3.63) is 40.6 Å². The molecule has 0 amide bonds. The molecule has 0 fully saturated rings. The highest BCUT2D eigenvalue weighted by molar-refractivity contribution is 9.10. The third kappa shape index (κ3) is 2.74. The van der Waals surface area contributed by atoms with Gasteiger partial charge in [-0.15, -0.1) is 0 Å². The summed E-state index contributed by atoms with van der Waals surface area (Å²) in [6.45, 7) is 0. The van der Waals surface area contributed by atoms with E-state index in [9.17, 15) is 0 Å². The van der Waals surface area contributed by atoms with Gasteiger partial charge in [-0.05, 0) is 34.1 Å². The zero-order valence-corrected chi connectivity index (χ0v) is 10.8. The highest BCUT2D eigenvalue weighted by Crippen LogP contribution is 2.26. The van der Waals surface area contributed by atoms with Crippen LogP contribution in [0.5, 0.6) is 0 Å². The maximum absolute atomic E-state index is 8.78. The van der Waals surface area contributed by atoms with Gasteiger partial charge in [0.05, 0.1) is 17.3 Å². The first-order valence-corrected chi connectivity index (χ1v) is 5.77. The number of nitrogens with two attached hydrogens (primary N) is 1. The number of nitrogens with zero attached hydrogens (tertiary/aromatic N) is 3. The van der Waals surface area contributed by atoms with Crippen molar-refractivity contribution in [2.45, 2.75) is 0 Å². The topological polar surface area (TPSA) is 99.7 Å². The second-order valence-electron chi connectivity index (χ2n) is 3.36. The third-order valence-corrected chi connectivity index (χ3v) is 2.83. The Kier molecular flexibility index (Phi) is 3.72. The van der Waals surface area contributed by atoms with Gasteiger partial charge in [-0.1, -0.05) is 0 Å². The van der Waals surface area contributed by atoms with Gasteiger partial charge in [-0.25, -0.2) is 15.8 Å². The first-order chi connectivity index (χ1) is 8.72. The van der Waals surface area contributed by atoms with Gasteiger partial charge >= 0.3 is 0 Å². The minimum Gasteiger partial charge on any atom is -0.339 e. The number of anilines is 3. The van der Waals surface area contributed by atoms with Crippen molar-refractivity contribution in [3.63, 3.8) is 0 Å². The number of benzene rings is 1. The van der Waals surface area contributed by atoms with E-state index >= 15 is 0 Å². The number of hydrogen-bond acceptors (Lipinski definition) is 6. The molecule has 0 atom stereocenters. The molecule has 0 saturated carbocycles. The zero-order chi connectivity index (χ0) is 13.0. The van der Waals surface area contributed by atoms with Gasteiger partial charge in [0.2, 0.25) is 0 Å². The molecule has 90 valence electrons. The fourth-order valence-electron chi connectivity index (χ4n) is 1.33. The maximum atomic E-state index is 8.78. The molecule has 0 unspecified atom stereocenters. The molecule has 6 nitrogen and oxygen atoms in total. The Balaban J connectivity index is 2.26. The molecule has 18 heavy (non-hydrogen) atoms. The zero-order valence-electron chi connectivity index (χ0n) is 9.18. The lowest BCUT2D eigenvalue weighted by atomic mass is 10.2. The molecule has 2 rings (SSSR count). The van der Waals surface area contributed by atoms with E-state index in [-0.39, 0.29) is 0 Å². The summed E-state index contributed by atoms with van der Waals surface area (Å²) in [6.07, 6.45) is 1.40. The molecule has 1 aromatic heterocycles. The molecule has 0 aliphatic carbocycles. The van der Waals surface area contributed by atoms with Gasteiger partial charge < -0.3 is 10.7 Å². The molecule has 0 radical (unpaired) electrons. The summed E-state index contributed by atoms with van der Waals surface area (Å²) >= 11 is 3.38. The third-order valence-electron chi connectivity index (χ3n) is 2.18. The van der Waals surface area contributed by atoms with Gasteiger partial charge in [0, 0.05) is 10.5 Å². The Labute approximate surface area is 112 Å². The quantitative estimate of drug-likeness (QED) is 0.593. The Morgan fingerprint density at radius 2 is 2.00 bits per heavy atom. The van der Waals surface area contributed by atoms with Crippen LogP contribution in [0.2, 0.25) is 0 Å². The molecule has 0 bridgehead atoms. The van der Waals surface area contributed by atoms with Gasteiger partial charge in [-0.2, -0.15) is 5.26 Å². The Morgan fingerprint density at radius 3 is 2.67 bits per heavy atom. The first-order valence-electron chi connectivity index (χ1n) is 4.98. The van der Waals surface area contributed by atoms with Crippen molar-refractivity contribution in [3.8, 4) is 6.07 Å². The second kappa shape index (κ2) is 5.44. The van der Waals surface area contributed by atoms with Crippen LogP contribution in [0.4, 0.5) is 17.3 Å². The number of nitriles is 1. The number of aromatic nitrogens is 2. The summed E-state index contributed by atoms with van der Waals surface area (Å²) in [5.74, 6) is 6.38. The molecule has 7 heteroatoms. The monoisotopic (exact) mass is 304 g/mol. The number of hydrazine groups is 1. The number of halogens is 1. The smallest absolute Gasteiger partial charge is 0.145 e. The Bertz CT molecular complexity index is 607. The summed E-state index contributed by atoms with van der Waals surface area (Å²) in [7, 11) is 0. The van der Waals surface area contributed by atoms with Crippen molar-refractivity contribution < 1.29 is 0 Å². The van der Waals surface area contributed by atoms with Crippen molar-refractivity contribution >= 4 is 33.3 Å². The van der Waals surface area contributed by atoms with Crippen LogP contribution in [-0.2, 0) is 0 Å². The predicted octanol–water partition coefficient (Wildman–Crippen LogP) is 2.14. The van der Waals surface area contributed by atoms with Crippen molar-refractivity contribution in [1.29, 1.82) is 5.26 Å². The fraction of sp³-hybridized carbons (Fsp3) is 0. The summed E-state index contributed by atoms with van der Waals surface area (Å²) in [5, 5.41) is 11.9. The van der Waals surface area contributed by atoms with Crippen molar-refractivity contribution in [2.75, 3.05) is 10.7 Å². The summed E-state index contributed by atoms with van der Waals surface area (Å²) in [5.41, 5.74) is 3.82. The minimum atomic E-state index is 0.511. The minimum absolute atomic E-state index is 0.511. The number of nitrogen functional groups attached to an aromatic ring is 1. The predicted molar refractivity (Wildman–Crippen MR) is 72.0 cm³/mol. The number of rotatable bonds is 3. The molecule has 0 spiro atoms. The van der Waals surface area contributed by atoms with E-state index in [2.05, 4.69) is 42.7 Å². The van der Waals surface area contributed by atoms with Crippen LogP contribution < -0.4 is 16.6 Å². The van der Waals surface area contributed by atoms with Gasteiger partial charge in [-0.3, -0.25) is 0 Å². The second-order valence-corrected chi connectivity index (χ2v) is 4.22. The number of hydrogen-bond donors (Lipinski definition) is 3. The standard InChI is InChI=1S/C11H9BrN6/c12-8-3-7(5-13)1-2-9(8)17-10-4-11(18-14)16-6-15-10/h1-4,6H,14H2,(H2,15,16,17,18). The van der Waals surface area contributed by atoms with E-state index in [1.807, 2.05) is 0 Å². The van der Waals surface area contributed by atoms with Crippen LogP contribution in [0.15, 0.2) is 35.1 Å². The van der Waals surface area contributed by atoms with Gasteiger partial charge in [0.15, 0.2) is 0 Å². The lowest BCUT2D eigenvalue weighted by Gasteiger charge is -2.08. The largest absolute Gasteiger partial charge is 0.339 e. The Morgan fingerprint density at radius 1 is 1.22 bits per heavy atom. The molecule has 1 heterocycles. The first kappa shape index (κ1) is 12.3. The van der Waals surface area contributed by atoms with E-state index in [1.54, 1.807) is 24.3 Å². The Hall–Kier alpha value is -2.17. The summed E-state index contributed by atoms with van der Waals surface area (Å²) in [6, 6.07) is 8.98. The normalized spacial score (nSPS) is 9.61. The molecule has 4 N–H and O–H groups in total. The van der Waals surface area contributed by atoms with E-state index in [4.69, 9.17) is 11.1 Å². The SMILES string of the molecule is N#Cc1ccc(Nc2cc(NN)ncn2)c(Br)c1. The summed E-state index contributed by atoms with van der Waals surface area (Å²) < 4.78 is 0.780. The molecular formula is C11H9BrN6. The van der Waals surface area contributed by atoms with Crippen LogP contribution in [-0.4, -0.2) is 9.97 Å². The van der Waals surface area contributed by atoms with E-state index in [1.165, 1.54) is 6.33 Å². The molecular weight excluding hydrogens is 296 g/mol. The number of nitrogens with one attached hydrogen (secondary N) is 2. The highest BCUT2D eigenvalue weighted by atomic mass is 79.9. The summed E-state index contributed by atoms with van der Waals surface area (Å²) in [4.78, 5) is 7.97. The van der Waals surface area contributed by atoms with E-state index in [0.717, 1.165) is 10.2 Å². The molecule has 2 aromatic rings. The van der Waals surface area contributed by atoms with Crippen LogP contribution in [0.1, 0.15) is 5.56 Å². The van der Waals surface area contributed by atoms with Crippen molar-refractivity contribution in [2.24, 2.45) is 5.84 Å². The van der Waals surface area contributed by atoms with Crippen LogP contribution in [0.25, 0.3) is 0 Å². The van der Waals surface area contributed by atoms with Crippen LogP contribution in [0, 0.1) is 11.3 Å². The van der Waals surface area contributed by atoms with Crippen LogP contribution >= 0.6 is 15.9 Å². The average Bonchev–Trinajstić information content (AvgIpc) is 2.41. The van der Waals surface area contributed by atoms with Gasteiger partial charge in [0.25, 0.3) is 0 Å². The van der Waals surface area contributed by atoms with E-state index in [0.29, 0.717) is 17.2 Å². The van der Waals surface area contributed by atoms with Gasteiger partial charge in [0.1, 0.15) is 18.0 Å². The highest BCUT2D eigenvalue weighted by Gasteiger charge is 2.03.